The monoisotopic (exact) mass is 425 g/mol. The van der Waals surface area contributed by atoms with Crippen LogP contribution in [-0.2, 0) is 26.4 Å². The minimum atomic E-state index is -4.09. The summed E-state index contributed by atoms with van der Waals surface area (Å²) < 4.78 is 52.6. The number of sulfone groups is 1. The molecule has 142 valence electrons. The Morgan fingerprint density at radius 2 is 1.78 bits per heavy atom. The third-order valence-electron chi connectivity index (χ3n) is 3.69. The van der Waals surface area contributed by atoms with Crippen LogP contribution in [0.4, 0.5) is 5.69 Å². The van der Waals surface area contributed by atoms with Gasteiger partial charge in [-0.1, -0.05) is 41.9 Å². The Morgan fingerprint density at radius 1 is 1.07 bits per heavy atom. The van der Waals surface area contributed by atoms with Crippen LogP contribution in [0.25, 0.3) is 0 Å². The molecule has 0 aliphatic heterocycles. The molecular weight excluding hydrogens is 410 g/mol. The summed E-state index contributed by atoms with van der Waals surface area (Å²) in [5.41, 5.74) is 1.26. The largest absolute Gasteiger partial charge is 0.276 e. The Hall–Kier alpha value is -2.36. The summed E-state index contributed by atoms with van der Waals surface area (Å²) in [7, 11) is -7.66. The van der Waals surface area contributed by atoms with Crippen molar-refractivity contribution < 1.29 is 16.8 Å². The van der Waals surface area contributed by atoms with Crippen molar-refractivity contribution >= 4 is 37.1 Å². The maximum Gasteiger partial charge on any atom is 0.263 e. The fourth-order valence-electron chi connectivity index (χ4n) is 2.40. The van der Waals surface area contributed by atoms with Gasteiger partial charge in [0.1, 0.15) is 4.90 Å². The van der Waals surface area contributed by atoms with Crippen LogP contribution in [0.5, 0.6) is 0 Å². The van der Waals surface area contributed by atoms with Gasteiger partial charge in [0.15, 0.2) is 9.84 Å². The molecule has 0 atom stereocenters. The van der Waals surface area contributed by atoms with Gasteiger partial charge in [0, 0.05) is 12.5 Å². The second-order valence-electron chi connectivity index (χ2n) is 5.88. The van der Waals surface area contributed by atoms with E-state index in [4.69, 9.17) is 11.6 Å². The molecule has 1 heterocycles. The number of anilines is 1. The number of rotatable bonds is 6. The standard InChI is InChI=1S/C17H16ClN3O4S2/c1-26(22,23)15-7-8-16(18)17(9-15)27(24,25)20-14-10-19-21(12-14)11-13-5-3-2-4-6-13/h2-10,12,20H,11H2,1H3. The number of nitrogens with one attached hydrogen (secondary N) is 1. The smallest absolute Gasteiger partial charge is 0.263 e. The number of aromatic nitrogens is 2. The number of hydrogen-bond acceptors (Lipinski definition) is 5. The fourth-order valence-corrected chi connectivity index (χ4v) is 4.68. The summed E-state index contributed by atoms with van der Waals surface area (Å²) in [6.07, 6.45) is 3.90. The molecule has 3 rings (SSSR count). The fraction of sp³-hybridized carbons (Fsp3) is 0.118. The lowest BCUT2D eigenvalue weighted by Crippen LogP contribution is -2.14. The summed E-state index contributed by atoms with van der Waals surface area (Å²) in [4.78, 5) is -0.449. The van der Waals surface area contributed by atoms with E-state index in [1.165, 1.54) is 18.3 Å². The number of hydrogen-bond donors (Lipinski definition) is 1. The molecule has 10 heteroatoms. The number of halogens is 1. The van der Waals surface area contributed by atoms with Gasteiger partial charge in [0.25, 0.3) is 10.0 Å². The molecule has 7 nitrogen and oxygen atoms in total. The summed E-state index contributed by atoms with van der Waals surface area (Å²) in [6.45, 7) is 0.479. The first-order chi connectivity index (χ1) is 12.6. The number of sulfonamides is 1. The van der Waals surface area contributed by atoms with Crippen molar-refractivity contribution in [3.63, 3.8) is 0 Å². The van der Waals surface area contributed by atoms with Gasteiger partial charge < -0.3 is 0 Å². The van der Waals surface area contributed by atoms with Crippen molar-refractivity contribution in [2.45, 2.75) is 16.3 Å². The normalized spacial score (nSPS) is 12.1. The molecule has 1 N–H and O–H groups in total. The summed E-state index contributed by atoms with van der Waals surface area (Å²) >= 11 is 5.97. The van der Waals surface area contributed by atoms with Gasteiger partial charge in [-0.15, -0.1) is 0 Å². The zero-order valence-corrected chi connectivity index (χ0v) is 16.6. The highest BCUT2D eigenvalue weighted by molar-refractivity contribution is 7.93. The Balaban J connectivity index is 1.85. The molecule has 1 aromatic heterocycles. The molecule has 0 fully saturated rings. The average Bonchev–Trinajstić information content (AvgIpc) is 3.01. The van der Waals surface area contributed by atoms with E-state index in [0.717, 1.165) is 17.9 Å². The lowest BCUT2D eigenvalue weighted by Gasteiger charge is -2.09. The van der Waals surface area contributed by atoms with Gasteiger partial charge in [-0.3, -0.25) is 9.40 Å². The van der Waals surface area contributed by atoms with Crippen LogP contribution in [0.3, 0.4) is 0 Å². The molecule has 2 aromatic carbocycles. The Bertz CT molecular complexity index is 1170. The molecular formula is C17H16ClN3O4S2. The number of benzene rings is 2. The van der Waals surface area contributed by atoms with Crippen molar-refractivity contribution in [1.29, 1.82) is 0 Å². The summed E-state index contributed by atoms with van der Waals surface area (Å²) in [5, 5.41) is 4.05. The molecule has 0 radical (unpaired) electrons. The zero-order valence-electron chi connectivity index (χ0n) is 14.2. The maximum atomic E-state index is 12.6. The Labute approximate surface area is 162 Å². The summed E-state index contributed by atoms with van der Waals surface area (Å²) in [5.74, 6) is 0. The van der Waals surface area contributed by atoms with Crippen molar-refractivity contribution in [2.24, 2.45) is 0 Å². The van der Waals surface area contributed by atoms with Crippen molar-refractivity contribution in [3.05, 3.63) is 71.5 Å². The first-order valence-electron chi connectivity index (χ1n) is 7.74. The van der Waals surface area contributed by atoms with Gasteiger partial charge in [0.2, 0.25) is 0 Å². The molecule has 27 heavy (non-hydrogen) atoms. The molecule has 3 aromatic rings. The van der Waals surface area contributed by atoms with Crippen LogP contribution >= 0.6 is 11.6 Å². The third-order valence-corrected chi connectivity index (χ3v) is 6.67. The lowest BCUT2D eigenvalue weighted by molar-refractivity contribution is 0.600. The van der Waals surface area contributed by atoms with E-state index in [9.17, 15) is 16.8 Å². The molecule has 0 amide bonds. The maximum absolute atomic E-state index is 12.6. The Morgan fingerprint density at radius 3 is 2.44 bits per heavy atom. The molecule has 0 saturated heterocycles. The van der Waals surface area contributed by atoms with Crippen LogP contribution in [0.1, 0.15) is 5.56 Å². The Kier molecular flexibility index (Phi) is 5.27. The highest BCUT2D eigenvalue weighted by Gasteiger charge is 2.21. The second-order valence-corrected chi connectivity index (χ2v) is 9.96. The van der Waals surface area contributed by atoms with Gasteiger partial charge in [-0.2, -0.15) is 5.10 Å². The van der Waals surface area contributed by atoms with Gasteiger partial charge >= 0.3 is 0 Å². The van der Waals surface area contributed by atoms with Gasteiger partial charge in [-0.25, -0.2) is 16.8 Å². The molecule has 0 aliphatic rings. The van der Waals surface area contributed by atoms with Gasteiger partial charge in [-0.05, 0) is 23.8 Å². The quantitative estimate of drug-likeness (QED) is 0.654. The highest BCUT2D eigenvalue weighted by atomic mass is 35.5. The van der Waals surface area contributed by atoms with Crippen LogP contribution in [0, 0.1) is 0 Å². The molecule has 0 bridgehead atoms. The van der Waals surface area contributed by atoms with Crippen molar-refractivity contribution in [2.75, 3.05) is 11.0 Å². The zero-order chi connectivity index (χ0) is 19.7. The minimum Gasteiger partial charge on any atom is -0.276 e. The predicted molar refractivity (Wildman–Crippen MR) is 103 cm³/mol. The summed E-state index contributed by atoms with van der Waals surface area (Å²) in [6, 6.07) is 13.1. The third kappa shape index (κ3) is 4.68. The average molecular weight is 426 g/mol. The van der Waals surface area contributed by atoms with E-state index in [0.29, 0.717) is 6.54 Å². The molecule has 0 unspecified atom stereocenters. The first-order valence-corrected chi connectivity index (χ1v) is 11.5. The van der Waals surface area contributed by atoms with Crippen molar-refractivity contribution in [1.82, 2.24) is 9.78 Å². The minimum absolute atomic E-state index is 0.0772. The van der Waals surface area contributed by atoms with E-state index >= 15 is 0 Å². The van der Waals surface area contributed by atoms with E-state index in [2.05, 4.69) is 9.82 Å². The SMILES string of the molecule is CS(=O)(=O)c1ccc(Cl)c(S(=O)(=O)Nc2cnn(Cc3ccccc3)c2)c1. The molecule has 0 spiro atoms. The van der Waals surface area contributed by atoms with Crippen LogP contribution in [0.15, 0.2) is 70.7 Å². The lowest BCUT2D eigenvalue weighted by atomic mass is 10.2. The first kappa shape index (κ1) is 19.4. The molecule has 0 saturated carbocycles. The van der Waals surface area contributed by atoms with Crippen LogP contribution in [-0.4, -0.2) is 32.9 Å². The van der Waals surface area contributed by atoms with Crippen LogP contribution in [0.2, 0.25) is 5.02 Å². The predicted octanol–water partition coefficient (Wildman–Crippen LogP) is 2.79. The van der Waals surface area contributed by atoms with Crippen LogP contribution < -0.4 is 4.72 Å². The van der Waals surface area contributed by atoms with Crippen molar-refractivity contribution in [3.8, 4) is 0 Å². The van der Waals surface area contributed by atoms with E-state index < -0.39 is 19.9 Å². The second kappa shape index (κ2) is 7.34. The van der Waals surface area contributed by atoms with E-state index in [-0.39, 0.29) is 20.5 Å². The van der Waals surface area contributed by atoms with E-state index in [1.807, 2.05) is 30.3 Å². The highest BCUT2D eigenvalue weighted by Crippen LogP contribution is 2.26. The topological polar surface area (TPSA) is 98.1 Å². The molecule has 0 aliphatic carbocycles. The van der Waals surface area contributed by atoms with Gasteiger partial charge in [0.05, 0.1) is 28.3 Å². The van der Waals surface area contributed by atoms with E-state index in [1.54, 1.807) is 10.9 Å². The number of nitrogens with zero attached hydrogens (tertiary/aromatic N) is 2.